The number of carbonyl (C=O) groups excluding carboxylic acids is 1. The van der Waals surface area contributed by atoms with Crippen LogP contribution < -0.4 is 4.72 Å². The average Bonchev–Trinajstić information content (AvgIpc) is 2.43. The quantitative estimate of drug-likeness (QED) is 0.581. The minimum absolute atomic E-state index is 0.0727. The van der Waals surface area contributed by atoms with Gasteiger partial charge in [0.2, 0.25) is 10.0 Å². The highest BCUT2D eigenvalue weighted by molar-refractivity contribution is 7.89. The van der Waals surface area contributed by atoms with Crippen LogP contribution in [0.15, 0.2) is 29.2 Å². The molecule has 0 aromatic heterocycles. The van der Waals surface area contributed by atoms with Gasteiger partial charge in [-0.3, -0.25) is 4.79 Å². The van der Waals surface area contributed by atoms with E-state index in [1.165, 1.54) is 12.1 Å². The number of Topliss-reactive ketones (excluding diaryl/α,β-unsaturated/α-hetero) is 1. The van der Waals surface area contributed by atoms with Crippen molar-refractivity contribution in [2.75, 3.05) is 20.3 Å². The molecule has 5 nitrogen and oxygen atoms in total. The van der Waals surface area contributed by atoms with Gasteiger partial charge in [0.05, 0.1) is 4.90 Å². The molecule has 0 fully saturated rings. The van der Waals surface area contributed by atoms with Crippen molar-refractivity contribution >= 4 is 15.8 Å². The fourth-order valence-corrected chi connectivity index (χ4v) is 2.67. The summed E-state index contributed by atoms with van der Waals surface area (Å²) in [6, 6.07) is 6.08. The molecule has 0 saturated carbocycles. The number of methoxy groups -OCH3 is 1. The zero-order valence-electron chi connectivity index (χ0n) is 11.2. The molecular weight excluding hydrogens is 266 g/mol. The molecule has 0 amide bonds. The van der Waals surface area contributed by atoms with Gasteiger partial charge in [0.25, 0.3) is 0 Å². The van der Waals surface area contributed by atoms with Crippen molar-refractivity contribution in [2.45, 2.75) is 24.7 Å². The highest BCUT2D eigenvalue weighted by atomic mass is 32.2. The monoisotopic (exact) mass is 285 g/mol. The Balaban J connectivity index is 2.80. The molecule has 1 aromatic rings. The van der Waals surface area contributed by atoms with Crippen LogP contribution in [0, 0.1) is 0 Å². The number of nitrogens with one attached hydrogen (secondary N) is 1. The van der Waals surface area contributed by atoms with Gasteiger partial charge in [-0.05, 0) is 18.6 Å². The topological polar surface area (TPSA) is 72.5 Å². The zero-order chi connectivity index (χ0) is 14.3. The molecule has 0 heterocycles. The normalized spacial score (nSPS) is 11.5. The fraction of sp³-hybridized carbons (Fsp3) is 0.462. The third-order valence-corrected chi connectivity index (χ3v) is 4.06. The van der Waals surface area contributed by atoms with Crippen molar-refractivity contribution in [3.8, 4) is 0 Å². The zero-order valence-corrected chi connectivity index (χ0v) is 12.0. The minimum Gasteiger partial charge on any atom is -0.385 e. The SMILES string of the molecule is CCC(=O)c1cccc(S(=O)(=O)NCCCOC)c1. The summed E-state index contributed by atoms with van der Waals surface area (Å²) in [6.45, 7) is 2.55. The van der Waals surface area contributed by atoms with Gasteiger partial charge in [-0.1, -0.05) is 19.1 Å². The molecule has 0 spiro atoms. The molecule has 19 heavy (non-hydrogen) atoms. The Bertz CT molecular complexity index is 525. The molecule has 6 heteroatoms. The minimum atomic E-state index is -3.56. The van der Waals surface area contributed by atoms with Gasteiger partial charge in [-0.2, -0.15) is 0 Å². The fourth-order valence-electron chi connectivity index (χ4n) is 1.55. The molecule has 0 aliphatic heterocycles. The average molecular weight is 285 g/mol. The molecule has 0 unspecified atom stereocenters. The van der Waals surface area contributed by atoms with Crippen LogP contribution in [-0.4, -0.2) is 34.5 Å². The lowest BCUT2D eigenvalue weighted by atomic mass is 10.1. The molecule has 0 saturated heterocycles. The standard InChI is InChI=1S/C13H19NO4S/c1-3-13(15)11-6-4-7-12(10-11)19(16,17)14-8-5-9-18-2/h4,6-7,10,14H,3,5,8-9H2,1-2H3. The van der Waals surface area contributed by atoms with Crippen LogP contribution in [0.2, 0.25) is 0 Å². The van der Waals surface area contributed by atoms with Crippen LogP contribution in [0.5, 0.6) is 0 Å². The van der Waals surface area contributed by atoms with E-state index in [-0.39, 0.29) is 10.7 Å². The lowest BCUT2D eigenvalue weighted by Gasteiger charge is -2.07. The maximum atomic E-state index is 12.0. The summed E-state index contributed by atoms with van der Waals surface area (Å²) < 4.78 is 31.3. The van der Waals surface area contributed by atoms with Gasteiger partial charge < -0.3 is 4.74 Å². The van der Waals surface area contributed by atoms with E-state index in [1.54, 1.807) is 26.2 Å². The van der Waals surface area contributed by atoms with Crippen molar-refractivity contribution < 1.29 is 17.9 Å². The van der Waals surface area contributed by atoms with Crippen molar-refractivity contribution in [2.24, 2.45) is 0 Å². The number of hydrogen-bond donors (Lipinski definition) is 1. The van der Waals surface area contributed by atoms with E-state index < -0.39 is 10.0 Å². The Hall–Kier alpha value is -1.24. The predicted molar refractivity (Wildman–Crippen MR) is 72.7 cm³/mol. The second-order valence-electron chi connectivity index (χ2n) is 4.05. The summed E-state index contributed by atoms with van der Waals surface area (Å²) in [5.41, 5.74) is 0.419. The summed E-state index contributed by atoms with van der Waals surface area (Å²) in [7, 11) is -2.00. The van der Waals surface area contributed by atoms with Gasteiger partial charge in [-0.25, -0.2) is 13.1 Å². The molecule has 0 aliphatic carbocycles. The van der Waals surface area contributed by atoms with Gasteiger partial charge in [0, 0.05) is 32.2 Å². The first-order valence-corrected chi connectivity index (χ1v) is 7.61. The van der Waals surface area contributed by atoms with E-state index in [4.69, 9.17) is 4.74 Å². The molecule has 1 aromatic carbocycles. The predicted octanol–water partition coefficient (Wildman–Crippen LogP) is 1.59. The number of ether oxygens (including phenoxy) is 1. The van der Waals surface area contributed by atoms with E-state index >= 15 is 0 Å². The molecule has 1 N–H and O–H groups in total. The first-order valence-electron chi connectivity index (χ1n) is 6.13. The number of hydrogen-bond acceptors (Lipinski definition) is 4. The van der Waals surface area contributed by atoms with E-state index in [0.29, 0.717) is 31.6 Å². The molecule has 0 bridgehead atoms. The lowest BCUT2D eigenvalue weighted by molar-refractivity contribution is 0.0988. The second kappa shape index (κ2) is 7.37. The van der Waals surface area contributed by atoms with Gasteiger partial charge in [0.1, 0.15) is 0 Å². The molecule has 1 rings (SSSR count). The summed E-state index contributed by atoms with van der Waals surface area (Å²) in [4.78, 5) is 11.7. The number of rotatable bonds is 8. The summed E-state index contributed by atoms with van der Waals surface area (Å²) in [5, 5.41) is 0. The van der Waals surface area contributed by atoms with E-state index in [2.05, 4.69) is 4.72 Å². The van der Waals surface area contributed by atoms with Crippen molar-refractivity contribution in [3.05, 3.63) is 29.8 Å². The van der Waals surface area contributed by atoms with E-state index in [1.807, 2.05) is 0 Å². The third-order valence-electron chi connectivity index (χ3n) is 2.60. The number of ketones is 1. The van der Waals surface area contributed by atoms with Crippen molar-refractivity contribution in [3.63, 3.8) is 0 Å². The summed E-state index contributed by atoms with van der Waals surface area (Å²) in [6.07, 6.45) is 0.952. The van der Waals surface area contributed by atoms with Crippen LogP contribution >= 0.6 is 0 Å². The summed E-state index contributed by atoms with van der Waals surface area (Å²) in [5.74, 6) is -0.0727. The largest absolute Gasteiger partial charge is 0.385 e. The Morgan fingerprint density at radius 2 is 2.11 bits per heavy atom. The Labute approximate surface area is 114 Å². The Morgan fingerprint density at radius 1 is 1.37 bits per heavy atom. The van der Waals surface area contributed by atoms with E-state index in [9.17, 15) is 13.2 Å². The van der Waals surface area contributed by atoms with Gasteiger partial charge >= 0.3 is 0 Å². The van der Waals surface area contributed by atoms with Crippen molar-refractivity contribution in [1.29, 1.82) is 0 Å². The van der Waals surface area contributed by atoms with Crippen LogP contribution in [0.1, 0.15) is 30.1 Å². The Morgan fingerprint density at radius 3 is 2.74 bits per heavy atom. The van der Waals surface area contributed by atoms with Crippen LogP contribution in [0.4, 0.5) is 0 Å². The molecular formula is C13H19NO4S. The molecule has 0 radical (unpaired) electrons. The van der Waals surface area contributed by atoms with Crippen LogP contribution in [0.25, 0.3) is 0 Å². The van der Waals surface area contributed by atoms with Gasteiger partial charge in [0.15, 0.2) is 5.78 Å². The number of carbonyl (C=O) groups is 1. The smallest absolute Gasteiger partial charge is 0.240 e. The number of benzene rings is 1. The highest BCUT2D eigenvalue weighted by Crippen LogP contribution is 2.12. The van der Waals surface area contributed by atoms with Crippen LogP contribution in [-0.2, 0) is 14.8 Å². The Kier molecular flexibility index (Phi) is 6.14. The number of sulfonamides is 1. The highest BCUT2D eigenvalue weighted by Gasteiger charge is 2.15. The maximum absolute atomic E-state index is 12.0. The maximum Gasteiger partial charge on any atom is 0.240 e. The molecule has 0 atom stereocenters. The third kappa shape index (κ3) is 4.74. The van der Waals surface area contributed by atoms with Crippen LogP contribution in [0.3, 0.4) is 0 Å². The first-order chi connectivity index (χ1) is 9.01. The molecule has 106 valence electrons. The second-order valence-corrected chi connectivity index (χ2v) is 5.82. The lowest BCUT2D eigenvalue weighted by Crippen LogP contribution is -2.25. The first kappa shape index (κ1) is 15.8. The molecule has 0 aliphatic rings. The van der Waals surface area contributed by atoms with Gasteiger partial charge in [-0.15, -0.1) is 0 Å². The van der Waals surface area contributed by atoms with E-state index in [0.717, 1.165) is 0 Å². The van der Waals surface area contributed by atoms with Crippen molar-refractivity contribution in [1.82, 2.24) is 4.72 Å². The summed E-state index contributed by atoms with van der Waals surface area (Å²) >= 11 is 0.